The molecule has 0 saturated heterocycles. The highest BCUT2D eigenvalue weighted by molar-refractivity contribution is 5.89. The first-order chi connectivity index (χ1) is 7.54. The third kappa shape index (κ3) is 2.98. The van der Waals surface area contributed by atoms with E-state index < -0.39 is 18.0 Å². The summed E-state index contributed by atoms with van der Waals surface area (Å²) in [7, 11) is 1.27. The quantitative estimate of drug-likeness (QED) is 0.781. The molecule has 0 aromatic heterocycles. The zero-order valence-corrected chi connectivity index (χ0v) is 8.97. The molecule has 0 heterocycles. The molecule has 0 aliphatic rings. The smallest absolute Gasteiger partial charge is 0.344 e. The van der Waals surface area contributed by atoms with Crippen LogP contribution in [0.3, 0.4) is 0 Å². The Morgan fingerprint density at radius 2 is 2.06 bits per heavy atom. The maximum atomic E-state index is 11.2. The molecule has 0 amide bonds. The van der Waals surface area contributed by atoms with E-state index in [0.29, 0.717) is 11.3 Å². The monoisotopic (exact) mass is 224 g/mol. The minimum atomic E-state index is -1.07. The molecule has 0 fully saturated rings. The van der Waals surface area contributed by atoms with Crippen LogP contribution >= 0.6 is 0 Å². The molecule has 86 valence electrons. The molecule has 0 unspecified atom stereocenters. The molecule has 0 aliphatic carbocycles. The summed E-state index contributed by atoms with van der Waals surface area (Å²) in [5.41, 5.74) is 0.317. The molecule has 5 nitrogen and oxygen atoms in total. The Morgan fingerprint density at radius 1 is 1.38 bits per heavy atom. The van der Waals surface area contributed by atoms with Crippen LogP contribution in [0.15, 0.2) is 24.3 Å². The third-order valence-electron chi connectivity index (χ3n) is 1.92. The maximum absolute atomic E-state index is 11.2. The van der Waals surface area contributed by atoms with E-state index in [1.807, 2.05) is 0 Å². The van der Waals surface area contributed by atoms with Crippen molar-refractivity contribution in [2.45, 2.75) is 13.0 Å². The van der Waals surface area contributed by atoms with Crippen LogP contribution in [0.2, 0.25) is 0 Å². The van der Waals surface area contributed by atoms with E-state index in [1.165, 1.54) is 20.1 Å². The van der Waals surface area contributed by atoms with Crippen molar-refractivity contribution in [2.24, 2.45) is 0 Å². The van der Waals surface area contributed by atoms with Gasteiger partial charge in [0.15, 0.2) is 6.10 Å². The first kappa shape index (κ1) is 12.0. The van der Waals surface area contributed by atoms with E-state index in [4.69, 9.17) is 9.84 Å². The van der Waals surface area contributed by atoms with Gasteiger partial charge in [0, 0.05) is 0 Å². The molecule has 1 aromatic rings. The van der Waals surface area contributed by atoms with Crippen molar-refractivity contribution in [3.05, 3.63) is 29.8 Å². The summed E-state index contributed by atoms with van der Waals surface area (Å²) < 4.78 is 9.64. The molecular formula is C11H12O5. The zero-order chi connectivity index (χ0) is 12.1. The number of hydrogen-bond donors (Lipinski definition) is 1. The lowest BCUT2D eigenvalue weighted by Crippen LogP contribution is -2.22. The van der Waals surface area contributed by atoms with Crippen molar-refractivity contribution in [2.75, 3.05) is 7.11 Å². The Labute approximate surface area is 92.6 Å². The van der Waals surface area contributed by atoms with Gasteiger partial charge >= 0.3 is 11.9 Å². The number of carboxylic acid groups (broad SMARTS) is 1. The Morgan fingerprint density at radius 3 is 2.62 bits per heavy atom. The number of methoxy groups -OCH3 is 1. The lowest BCUT2D eigenvalue weighted by Gasteiger charge is -2.10. The van der Waals surface area contributed by atoms with Gasteiger partial charge in [0.25, 0.3) is 0 Å². The second-order valence-electron chi connectivity index (χ2n) is 3.12. The van der Waals surface area contributed by atoms with Crippen LogP contribution in [0.4, 0.5) is 0 Å². The minimum absolute atomic E-state index is 0.317. The summed E-state index contributed by atoms with van der Waals surface area (Å²) in [5.74, 6) is -1.24. The fraction of sp³-hybridized carbons (Fsp3) is 0.273. The van der Waals surface area contributed by atoms with E-state index in [0.717, 1.165) is 0 Å². The first-order valence-electron chi connectivity index (χ1n) is 4.62. The normalized spacial score (nSPS) is 11.6. The summed E-state index contributed by atoms with van der Waals surface area (Å²) in [6, 6.07) is 6.16. The van der Waals surface area contributed by atoms with Gasteiger partial charge in [-0.05, 0) is 25.1 Å². The van der Waals surface area contributed by atoms with Crippen LogP contribution in [0.5, 0.6) is 5.75 Å². The van der Waals surface area contributed by atoms with Gasteiger partial charge in [0.2, 0.25) is 0 Å². The Kier molecular flexibility index (Phi) is 3.88. The fourth-order valence-electron chi connectivity index (χ4n) is 1.07. The van der Waals surface area contributed by atoms with Gasteiger partial charge in [-0.25, -0.2) is 9.59 Å². The number of hydrogen-bond acceptors (Lipinski definition) is 4. The first-order valence-corrected chi connectivity index (χ1v) is 4.62. The van der Waals surface area contributed by atoms with Crippen molar-refractivity contribution in [1.82, 2.24) is 0 Å². The second kappa shape index (κ2) is 5.16. The lowest BCUT2D eigenvalue weighted by molar-refractivity contribution is -0.144. The average molecular weight is 224 g/mol. The number of carbonyl (C=O) groups excluding carboxylic acids is 1. The topological polar surface area (TPSA) is 72.8 Å². The minimum Gasteiger partial charge on any atom is -0.479 e. The van der Waals surface area contributed by atoms with Gasteiger partial charge in [-0.2, -0.15) is 0 Å². The summed E-state index contributed by atoms with van der Waals surface area (Å²) in [6.45, 7) is 1.41. The molecule has 1 rings (SSSR count). The number of esters is 1. The molecule has 16 heavy (non-hydrogen) atoms. The number of ether oxygens (including phenoxy) is 2. The molecule has 1 aromatic carbocycles. The van der Waals surface area contributed by atoms with Crippen molar-refractivity contribution in [3.63, 3.8) is 0 Å². The van der Waals surface area contributed by atoms with Crippen molar-refractivity contribution in [1.29, 1.82) is 0 Å². The number of benzene rings is 1. The molecule has 1 atom stereocenters. The number of carboxylic acids is 1. The molecule has 5 heteroatoms. The van der Waals surface area contributed by atoms with Crippen molar-refractivity contribution >= 4 is 11.9 Å². The second-order valence-corrected chi connectivity index (χ2v) is 3.12. The van der Waals surface area contributed by atoms with Gasteiger partial charge in [0.1, 0.15) is 5.75 Å². The highest BCUT2D eigenvalue weighted by Gasteiger charge is 2.13. The SMILES string of the molecule is COC(=O)c1cccc(O[C@@H](C)C(=O)O)c1. The molecule has 0 bridgehead atoms. The van der Waals surface area contributed by atoms with Gasteiger partial charge < -0.3 is 14.6 Å². The van der Waals surface area contributed by atoms with Crippen LogP contribution < -0.4 is 4.74 Å². The van der Waals surface area contributed by atoms with Gasteiger partial charge in [0.05, 0.1) is 12.7 Å². The number of carbonyl (C=O) groups is 2. The highest BCUT2D eigenvalue weighted by Crippen LogP contribution is 2.15. The Bertz CT molecular complexity index is 399. The van der Waals surface area contributed by atoms with Crippen LogP contribution in [-0.2, 0) is 9.53 Å². The summed E-state index contributed by atoms with van der Waals surface area (Å²) in [5, 5.41) is 8.65. The van der Waals surface area contributed by atoms with Gasteiger partial charge in [-0.1, -0.05) is 6.07 Å². The van der Waals surface area contributed by atoms with Crippen LogP contribution in [0, 0.1) is 0 Å². The third-order valence-corrected chi connectivity index (χ3v) is 1.92. The maximum Gasteiger partial charge on any atom is 0.344 e. The van der Waals surface area contributed by atoms with E-state index in [-0.39, 0.29) is 0 Å². The molecule has 0 aliphatic heterocycles. The lowest BCUT2D eigenvalue weighted by atomic mass is 10.2. The van der Waals surface area contributed by atoms with Crippen LogP contribution in [0.25, 0.3) is 0 Å². The van der Waals surface area contributed by atoms with E-state index in [9.17, 15) is 9.59 Å². The predicted molar refractivity (Wildman–Crippen MR) is 55.5 cm³/mol. The average Bonchev–Trinajstić information content (AvgIpc) is 2.28. The highest BCUT2D eigenvalue weighted by atomic mass is 16.5. The number of aliphatic carboxylic acids is 1. The molecule has 1 N–H and O–H groups in total. The standard InChI is InChI=1S/C11H12O5/c1-7(10(12)13)16-9-5-3-4-8(6-9)11(14)15-2/h3-7H,1-2H3,(H,12,13)/t7-/m0/s1. The molecular weight excluding hydrogens is 212 g/mol. The van der Waals surface area contributed by atoms with Crippen molar-refractivity contribution in [3.8, 4) is 5.75 Å². The van der Waals surface area contributed by atoms with Gasteiger partial charge in [-0.15, -0.1) is 0 Å². The summed E-state index contributed by atoms with van der Waals surface area (Å²) >= 11 is 0. The zero-order valence-electron chi connectivity index (χ0n) is 8.97. The van der Waals surface area contributed by atoms with Gasteiger partial charge in [-0.3, -0.25) is 0 Å². The predicted octanol–water partition coefficient (Wildman–Crippen LogP) is 1.33. The van der Waals surface area contributed by atoms with Crippen molar-refractivity contribution < 1.29 is 24.2 Å². The molecule has 0 saturated carbocycles. The Hall–Kier alpha value is -2.04. The Balaban J connectivity index is 2.82. The van der Waals surface area contributed by atoms with Crippen LogP contribution in [0.1, 0.15) is 17.3 Å². The molecule has 0 spiro atoms. The molecule has 0 radical (unpaired) electrons. The summed E-state index contributed by atoms with van der Waals surface area (Å²) in [6.07, 6.45) is -0.965. The fourth-order valence-corrected chi connectivity index (χ4v) is 1.07. The summed E-state index contributed by atoms with van der Waals surface area (Å²) in [4.78, 5) is 21.8. The van der Waals surface area contributed by atoms with E-state index in [1.54, 1.807) is 18.2 Å². The van der Waals surface area contributed by atoms with Crippen LogP contribution in [-0.4, -0.2) is 30.3 Å². The van der Waals surface area contributed by atoms with E-state index >= 15 is 0 Å². The largest absolute Gasteiger partial charge is 0.479 e. The number of rotatable bonds is 4. The van der Waals surface area contributed by atoms with E-state index in [2.05, 4.69) is 4.74 Å².